The third-order valence-corrected chi connectivity index (χ3v) is 7.68. The molecule has 0 saturated carbocycles. The second-order valence-electron chi connectivity index (χ2n) is 10.7. The van der Waals surface area contributed by atoms with Gasteiger partial charge in [0, 0.05) is 24.6 Å². The van der Waals surface area contributed by atoms with Gasteiger partial charge in [-0.3, -0.25) is 9.59 Å². The van der Waals surface area contributed by atoms with Crippen molar-refractivity contribution >= 4 is 17.9 Å². The molecule has 2 amide bonds. The van der Waals surface area contributed by atoms with Crippen LogP contribution in [0.15, 0.2) is 84.4 Å². The SMILES string of the molecule is O=C(NCCc1ccc(O)cc1)C1=Cc2cc(O)c(O)cc2[C@@H](c2ccc(O)c(O)c2)[C@H]1C(=O)NCCc1ccc(O)cc1. The van der Waals surface area contributed by atoms with Crippen molar-refractivity contribution in [2.45, 2.75) is 18.8 Å². The normalized spacial score (nSPS) is 15.6. The summed E-state index contributed by atoms with van der Waals surface area (Å²) in [4.78, 5) is 27.7. The highest BCUT2D eigenvalue weighted by Crippen LogP contribution is 2.47. The third-order valence-electron chi connectivity index (χ3n) is 7.68. The number of fused-ring (bicyclic) bond motifs is 1. The van der Waals surface area contributed by atoms with E-state index in [4.69, 9.17) is 0 Å². The van der Waals surface area contributed by atoms with E-state index in [-0.39, 0.29) is 35.9 Å². The van der Waals surface area contributed by atoms with Crippen LogP contribution < -0.4 is 10.6 Å². The average molecular weight is 597 g/mol. The molecule has 0 spiro atoms. The minimum absolute atomic E-state index is 0.105. The molecule has 10 heteroatoms. The Labute approximate surface area is 253 Å². The van der Waals surface area contributed by atoms with Crippen LogP contribution in [0.1, 0.15) is 33.7 Å². The van der Waals surface area contributed by atoms with Crippen LogP contribution >= 0.6 is 0 Å². The van der Waals surface area contributed by atoms with Crippen molar-refractivity contribution in [1.29, 1.82) is 0 Å². The molecule has 0 fully saturated rings. The molecule has 1 aliphatic carbocycles. The molecule has 4 aromatic carbocycles. The smallest absolute Gasteiger partial charge is 0.248 e. The Kier molecular flexibility index (Phi) is 8.61. The number of aromatic hydroxyl groups is 6. The molecule has 4 aromatic rings. The first kappa shape index (κ1) is 29.8. The van der Waals surface area contributed by atoms with E-state index in [0.29, 0.717) is 29.5 Å². The molecule has 226 valence electrons. The monoisotopic (exact) mass is 596 g/mol. The number of amides is 2. The standard InChI is InChI=1S/C34H32N2O8/c37-23-6-1-19(2-7-23)11-13-35-33(43)26-15-22-17-29(41)30(42)18-25(22)31(21-5-10-27(39)28(40)16-21)32(26)34(44)36-14-12-20-3-8-24(38)9-4-20/h1-10,15-18,31-32,37-42H,11-14H2,(H,35,43)(H,36,44)/t31-,32+/m1/s1. The number of phenolic OH excluding ortho intramolecular Hbond substituents is 6. The van der Waals surface area contributed by atoms with E-state index in [1.807, 2.05) is 0 Å². The third kappa shape index (κ3) is 6.54. The number of benzene rings is 4. The minimum Gasteiger partial charge on any atom is -0.508 e. The van der Waals surface area contributed by atoms with Gasteiger partial charge in [0.15, 0.2) is 23.0 Å². The fourth-order valence-electron chi connectivity index (χ4n) is 5.41. The fourth-order valence-corrected chi connectivity index (χ4v) is 5.41. The van der Waals surface area contributed by atoms with Gasteiger partial charge in [-0.1, -0.05) is 30.3 Å². The van der Waals surface area contributed by atoms with Crippen LogP contribution in [0, 0.1) is 5.92 Å². The van der Waals surface area contributed by atoms with E-state index in [2.05, 4.69) is 10.6 Å². The molecular weight excluding hydrogens is 564 g/mol. The average Bonchev–Trinajstić information content (AvgIpc) is 3.00. The van der Waals surface area contributed by atoms with E-state index in [9.17, 15) is 40.2 Å². The molecule has 0 saturated heterocycles. The Morgan fingerprint density at radius 2 is 1.16 bits per heavy atom. The van der Waals surface area contributed by atoms with Crippen LogP contribution in [0.25, 0.3) is 6.08 Å². The van der Waals surface area contributed by atoms with E-state index in [1.54, 1.807) is 48.5 Å². The van der Waals surface area contributed by atoms with Gasteiger partial charge in [-0.2, -0.15) is 0 Å². The molecule has 44 heavy (non-hydrogen) atoms. The molecule has 2 atom stereocenters. The number of hydrogen-bond donors (Lipinski definition) is 8. The number of rotatable bonds is 9. The molecule has 0 bridgehead atoms. The second-order valence-corrected chi connectivity index (χ2v) is 10.7. The molecule has 10 nitrogen and oxygen atoms in total. The lowest BCUT2D eigenvalue weighted by molar-refractivity contribution is -0.127. The van der Waals surface area contributed by atoms with Gasteiger partial charge in [0.05, 0.1) is 5.92 Å². The van der Waals surface area contributed by atoms with Crippen molar-refractivity contribution in [1.82, 2.24) is 10.6 Å². The summed E-state index contributed by atoms with van der Waals surface area (Å²) < 4.78 is 0. The lowest BCUT2D eigenvalue weighted by atomic mass is 9.70. The van der Waals surface area contributed by atoms with Crippen LogP contribution in [-0.4, -0.2) is 55.5 Å². The highest BCUT2D eigenvalue weighted by molar-refractivity contribution is 6.06. The van der Waals surface area contributed by atoms with Gasteiger partial charge in [-0.15, -0.1) is 0 Å². The lowest BCUT2D eigenvalue weighted by Gasteiger charge is -2.34. The number of phenols is 6. The predicted molar refractivity (Wildman–Crippen MR) is 162 cm³/mol. The largest absolute Gasteiger partial charge is 0.508 e. The fraction of sp³-hybridized carbons (Fsp3) is 0.176. The van der Waals surface area contributed by atoms with Gasteiger partial charge in [0.2, 0.25) is 11.8 Å². The zero-order valence-corrected chi connectivity index (χ0v) is 23.6. The quantitative estimate of drug-likeness (QED) is 0.134. The number of hydrogen-bond acceptors (Lipinski definition) is 8. The van der Waals surface area contributed by atoms with Crippen molar-refractivity contribution in [2.24, 2.45) is 5.92 Å². The first-order valence-electron chi connectivity index (χ1n) is 14.0. The maximum atomic E-state index is 14.0. The van der Waals surface area contributed by atoms with E-state index >= 15 is 0 Å². The molecule has 8 N–H and O–H groups in total. The van der Waals surface area contributed by atoms with Crippen LogP contribution in [0.5, 0.6) is 34.5 Å². The second kappa shape index (κ2) is 12.7. The summed E-state index contributed by atoms with van der Waals surface area (Å²) in [5.74, 6) is -4.38. The summed E-state index contributed by atoms with van der Waals surface area (Å²) in [7, 11) is 0. The number of nitrogens with one attached hydrogen (secondary N) is 2. The Bertz CT molecular complexity index is 1710. The Morgan fingerprint density at radius 1 is 0.614 bits per heavy atom. The van der Waals surface area contributed by atoms with Crippen molar-refractivity contribution in [3.63, 3.8) is 0 Å². The van der Waals surface area contributed by atoms with Crippen molar-refractivity contribution < 1.29 is 40.2 Å². The molecule has 0 aromatic heterocycles. The topological polar surface area (TPSA) is 180 Å². The molecule has 0 radical (unpaired) electrons. The lowest BCUT2D eigenvalue weighted by Crippen LogP contribution is -2.42. The summed E-state index contributed by atoms with van der Waals surface area (Å²) in [6, 6.07) is 19.9. The summed E-state index contributed by atoms with van der Waals surface area (Å²) in [6.07, 6.45) is 2.42. The van der Waals surface area contributed by atoms with Gasteiger partial charge < -0.3 is 41.3 Å². The van der Waals surface area contributed by atoms with Crippen LogP contribution in [0.4, 0.5) is 0 Å². The highest BCUT2D eigenvalue weighted by atomic mass is 16.3. The van der Waals surface area contributed by atoms with Gasteiger partial charge in [0.1, 0.15) is 11.5 Å². The van der Waals surface area contributed by atoms with E-state index < -0.39 is 40.9 Å². The van der Waals surface area contributed by atoms with Gasteiger partial charge in [0.25, 0.3) is 0 Å². The van der Waals surface area contributed by atoms with Crippen LogP contribution in [0.2, 0.25) is 0 Å². The van der Waals surface area contributed by atoms with Crippen molar-refractivity contribution in [2.75, 3.05) is 13.1 Å². The van der Waals surface area contributed by atoms with Crippen molar-refractivity contribution in [3.8, 4) is 34.5 Å². The summed E-state index contributed by atoms with van der Waals surface area (Å²) in [6.45, 7) is 0.450. The Hall–Kier alpha value is -5.64. The molecule has 0 unspecified atom stereocenters. The maximum Gasteiger partial charge on any atom is 0.248 e. The molecule has 0 heterocycles. The number of carbonyl (C=O) groups is 2. The Morgan fingerprint density at radius 3 is 1.75 bits per heavy atom. The molecular formula is C34H32N2O8. The summed E-state index contributed by atoms with van der Waals surface area (Å²) in [5.41, 5.74) is 3.09. The highest BCUT2D eigenvalue weighted by Gasteiger charge is 2.41. The predicted octanol–water partition coefficient (Wildman–Crippen LogP) is 3.78. The van der Waals surface area contributed by atoms with Crippen LogP contribution in [-0.2, 0) is 22.4 Å². The molecule has 0 aliphatic heterocycles. The summed E-state index contributed by atoms with van der Waals surface area (Å²) >= 11 is 0. The minimum atomic E-state index is -1.12. The summed E-state index contributed by atoms with van der Waals surface area (Å²) in [5, 5.41) is 65.8. The van der Waals surface area contributed by atoms with Gasteiger partial charge >= 0.3 is 0 Å². The zero-order valence-electron chi connectivity index (χ0n) is 23.6. The van der Waals surface area contributed by atoms with Crippen molar-refractivity contribution in [3.05, 3.63) is 112 Å². The molecule has 5 rings (SSSR count). The zero-order chi connectivity index (χ0) is 31.4. The first-order valence-corrected chi connectivity index (χ1v) is 14.0. The van der Waals surface area contributed by atoms with Crippen LogP contribution in [0.3, 0.4) is 0 Å². The van der Waals surface area contributed by atoms with E-state index in [0.717, 1.165) is 11.1 Å². The Balaban J connectivity index is 1.49. The molecule has 1 aliphatic rings. The van der Waals surface area contributed by atoms with Gasteiger partial charge in [-0.05, 0) is 95.3 Å². The number of carbonyl (C=O) groups excluding carboxylic acids is 2. The van der Waals surface area contributed by atoms with Gasteiger partial charge in [-0.25, -0.2) is 0 Å². The first-order chi connectivity index (χ1) is 21.1. The maximum absolute atomic E-state index is 14.0. The van der Waals surface area contributed by atoms with E-state index in [1.165, 1.54) is 36.4 Å².